The highest BCUT2D eigenvalue weighted by Crippen LogP contribution is 2.36. The second-order valence-electron chi connectivity index (χ2n) is 9.69. The minimum absolute atomic E-state index is 0.0248. The minimum atomic E-state index is -3.12. The highest BCUT2D eigenvalue weighted by Gasteiger charge is 2.43. The van der Waals surface area contributed by atoms with Gasteiger partial charge < -0.3 is 26.0 Å². The average Bonchev–Trinajstić information content (AvgIpc) is 3.33. The smallest absolute Gasteiger partial charge is 0.265 e. The molecule has 3 aromatic heterocycles. The number of aromatic nitrogens is 5. The van der Waals surface area contributed by atoms with Crippen LogP contribution in [0.4, 0.5) is 37.8 Å². The Kier molecular flexibility index (Phi) is 7.27. The Bertz CT molecular complexity index is 1550. The van der Waals surface area contributed by atoms with Crippen LogP contribution < -0.4 is 16.4 Å². The number of hydrogen-bond acceptors (Lipinski definition) is 8. The first-order valence-electron chi connectivity index (χ1n) is 12.2. The van der Waals surface area contributed by atoms with Crippen LogP contribution in [0, 0.1) is 11.6 Å². The van der Waals surface area contributed by atoms with Crippen molar-refractivity contribution in [2.45, 2.75) is 43.9 Å². The summed E-state index contributed by atoms with van der Waals surface area (Å²) in [4.78, 5) is 18.2. The van der Waals surface area contributed by atoms with Crippen molar-refractivity contribution in [3.8, 4) is 11.3 Å². The van der Waals surface area contributed by atoms with Crippen molar-refractivity contribution in [2.75, 3.05) is 23.7 Å². The molecule has 1 fully saturated rings. The van der Waals surface area contributed by atoms with Crippen LogP contribution in [-0.4, -0.2) is 60.8 Å². The molecule has 5 N–H and O–H groups in total. The number of benzene rings is 1. The first kappa shape index (κ1) is 27.6. The first-order valence-corrected chi connectivity index (χ1v) is 12.2. The molecule has 15 heteroatoms. The van der Waals surface area contributed by atoms with E-state index >= 15 is 0 Å². The number of piperidine rings is 1. The second-order valence-corrected chi connectivity index (χ2v) is 9.69. The zero-order valence-electron chi connectivity index (χ0n) is 20.8. The number of halogens is 6. The number of nitrogen functional groups attached to an aromatic ring is 1. The van der Waals surface area contributed by atoms with Gasteiger partial charge in [0.25, 0.3) is 12.9 Å². The zero-order chi connectivity index (χ0) is 28.8. The van der Waals surface area contributed by atoms with Gasteiger partial charge in [-0.2, -0.15) is 0 Å². The molecule has 4 heterocycles. The van der Waals surface area contributed by atoms with Gasteiger partial charge in [-0.05, 0) is 36.6 Å². The van der Waals surface area contributed by atoms with E-state index in [2.05, 4.69) is 19.9 Å². The van der Waals surface area contributed by atoms with Crippen LogP contribution in [-0.2, 0) is 6.54 Å². The van der Waals surface area contributed by atoms with Crippen molar-refractivity contribution in [2.24, 2.45) is 5.73 Å². The number of rotatable bonds is 7. The third kappa shape index (κ3) is 5.01. The lowest BCUT2D eigenvalue weighted by atomic mass is 9.84. The van der Waals surface area contributed by atoms with Crippen LogP contribution >= 0.6 is 0 Å². The van der Waals surface area contributed by atoms with Crippen molar-refractivity contribution in [3.63, 3.8) is 0 Å². The summed E-state index contributed by atoms with van der Waals surface area (Å²) in [5, 5.41) is 10.1. The molecule has 1 aliphatic rings. The minimum Gasteiger partial charge on any atom is -0.385 e. The van der Waals surface area contributed by atoms with Crippen LogP contribution in [0.25, 0.3) is 22.4 Å². The van der Waals surface area contributed by atoms with Gasteiger partial charge in [-0.15, -0.1) is 0 Å². The summed E-state index contributed by atoms with van der Waals surface area (Å²) < 4.78 is 83.9. The molecule has 0 radical (unpaired) electrons. The maximum absolute atomic E-state index is 14.1. The van der Waals surface area contributed by atoms with Crippen LogP contribution in [0.2, 0.25) is 0 Å². The number of nitrogens with zero attached hydrogens (tertiary/aromatic N) is 6. The molecule has 0 bridgehead atoms. The molecule has 1 aliphatic heterocycles. The van der Waals surface area contributed by atoms with Gasteiger partial charge in [0.15, 0.2) is 23.1 Å². The van der Waals surface area contributed by atoms with Crippen molar-refractivity contribution >= 4 is 22.7 Å². The molecule has 5 rings (SSSR count). The summed E-state index contributed by atoms with van der Waals surface area (Å²) in [6, 6.07) is 2.49. The molecule has 1 unspecified atom stereocenters. The van der Waals surface area contributed by atoms with Gasteiger partial charge >= 0.3 is 0 Å². The Morgan fingerprint density at radius 2 is 1.77 bits per heavy atom. The molecule has 9 nitrogen and oxygen atoms in total. The number of imidazole rings is 1. The molecule has 0 saturated carbocycles. The van der Waals surface area contributed by atoms with Gasteiger partial charge in [0.1, 0.15) is 17.9 Å². The highest BCUT2D eigenvalue weighted by atomic mass is 19.3. The lowest BCUT2D eigenvalue weighted by molar-refractivity contribution is -0.0529. The molecule has 1 saturated heterocycles. The topological polar surface area (TPSA) is 132 Å². The Morgan fingerprint density at radius 1 is 1.02 bits per heavy atom. The zero-order valence-corrected chi connectivity index (χ0v) is 20.8. The summed E-state index contributed by atoms with van der Waals surface area (Å²) in [6.45, 7) is 0.243. The third-order valence-electron chi connectivity index (χ3n) is 7.06. The van der Waals surface area contributed by atoms with E-state index in [9.17, 15) is 31.4 Å². The molecule has 0 spiro atoms. The fourth-order valence-corrected chi connectivity index (χ4v) is 5.02. The maximum Gasteiger partial charge on any atom is 0.265 e. The number of nitrogens with two attached hydrogens (primary N) is 2. The lowest BCUT2D eigenvalue weighted by Gasteiger charge is -2.44. The Labute approximate surface area is 223 Å². The average molecular weight is 567 g/mol. The predicted octanol–water partition coefficient (Wildman–Crippen LogP) is 3.66. The summed E-state index contributed by atoms with van der Waals surface area (Å²) in [6.07, 6.45) is -3.75. The monoisotopic (exact) mass is 566 g/mol. The number of fused-ring (bicyclic) bond motifs is 1. The van der Waals surface area contributed by atoms with Crippen LogP contribution in [0.3, 0.4) is 0 Å². The van der Waals surface area contributed by atoms with Gasteiger partial charge in [0.2, 0.25) is 0 Å². The standard InChI is InChI=1S/C25H24F6N8O/c26-15-5-13(14(21(28)29)6-16(15)27)17-4-12(8-39-11-37-19-23(32)35-10-36-24(19)39)18(7-34-17)38-3-1-2-25(33,9-38)20(40)22(30)31/h4-7,10-11,20-22,40H,1-3,8-9,33H2,(H2,32,35,36)/t20-,25?/m0/s1. The third-order valence-corrected chi connectivity index (χ3v) is 7.06. The molecule has 1 aromatic carbocycles. The fraction of sp³-hybridized carbons (Fsp3) is 0.360. The Balaban J connectivity index is 1.63. The first-order chi connectivity index (χ1) is 19.0. The van der Waals surface area contributed by atoms with Gasteiger partial charge in [-0.1, -0.05) is 0 Å². The largest absolute Gasteiger partial charge is 0.385 e. The number of pyridine rings is 1. The van der Waals surface area contributed by atoms with E-state index in [0.717, 1.165) is 0 Å². The quantitative estimate of drug-likeness (QED) is 0.289. The maximum atomic E-state index is 14.1. The van der Waals surface area contributed by atoms with Crippen LogP contribution in [0.1, 0.15) is 30.4 Å². The van der Waals surface area contributed by atoms with Crippen LogP contribution in [0.5, 0.6) is 0 Å². The number of alkyl halides is 4. The number of aliphatic hydroxyl groups is 1. The Hall–Kier alpha value is -3.98. The molecule has 40 heavy (non-hydrogen) atoms. The van der Waals surface area contributed by atoms with Crippen molar-refractivity contribution in [1.29, 1.82) is 0 Å². The summed E-state index contributed by atoms with van der Waals surface area (Å²) in [5.74, 6) is -2.62. The molecular formula is C25H24F6N8O. The van der Waals surface area contributed by atoms with Crippen molar-refractivity contribution in [1.82, 2.24) is 24.5 Å². The summed E-state index contributed by atoms with van der Waals surface area (Å²) in [7, 11) is 0. The molecule has 4 aromatic rings. The van der Waals surface area contributed by atoms with E-state index in [1.165, 1.54) is 24.9 Å². The van der Waals surface area contributed by atoms with Gasteiger partial charge in [0.05, 0.1) is 36.0 Å². The van der Waals surface area contributed by atoms with Gasteiger partial charge in [-0.3, -0.25) is 4.98 Å². The fourth-order valence-electron chi connectivity index (χ4n) is 5.02. The highest BCUT2D eigenvalue weighted by molar-refractivity contribution is 5.81. The normalized spacial score (nSPS) is 18.7. The number of aliphatic hydroxyl groups excluding tert-OH is 1. The second kappa shape index (κ2) is 10.5. The van der Waals surface area contributed by atoms with E-state index in [1.807, 2.05) is 0 Å². The van der Waals surface area contributed by atoms with Gasteiger partial charge in [-0.25, -0.2) is 41.3 Å². The SMILES string of the molecule is Nc1ncnc2c1ncn2Cc1cc(-c2cc(F)c(F)cc2C(F)F)ncc1N1CCCC(N)([C@@H](O)C(F)F)C1. The van der Waals surface area contributed by atoms with Crippen LogP contribution in [0.15, 0.2) is 37.1 Å². The number of anilines is 2. The summed E-state index contributed by atoms with van der Waals surface area (Å²) in [5.41, 5.74) is 10.8. The van der Waals surface area contributed by atoms with E-state index in [1.54, 1.807) is 9.47 Å². The molecular weight excluding hydrogens is 542 g/mol. The van der Waals surface area contributed by atoms with E-state index in [-0.39, 0.29) is 36.6 Å². The summed E-state index contributed by atoms with van der Waals surface area (Å²) >= 11 is 0. The molecule has 2 atom stereocenters. The van der Waals surface area contributed by atoms with Crippen molar-refractivity contribution in [3.05, 3.63) is 59.8 Å². The lowest BCUT2D eigenvalue weighted by Crippen LogP contribution is -2.63. The van der Waals surface area contributed by atoms with Gasteiger partial charge in [0, 0.05) is 24.2 Å². The predicted molar refractivity (Wildman–Crippen MR) is 134 cm³/mol. The molecule has 0 aliphatic carbocycles. The Morgan fingerprint density at radius 3 is 2.50 bits per heavy atom. The number of hydrogen-bond donors (Lipinski definition) is 3. The molecule has 212 valence electrons. The van der Waals surface area contributed by atoms with E-state index < -0.39 is 41.7 Å². The van der Waals surface area contributed by atoms with E-state index in [0.29, 0.717) is 47.5 Å². The molecule has 0 amide bonds. The van der Waals surface area contributed by atoms with Crippen molar-refractivity contribution < 1.29 is 31.4 Å². The van der Waals surface area contributed by atoms with E-state index in [4.69, 9.17) is 11.5 Å².